The summed E-state index contributed by atoms with van der Waals surface area (Å²) >= 11 is 0. The number of hydrogen-bond acceptors (Lipinski definition) is 4. The number of unbranched alkanes of at least 4 members (excludes halogenated alkanes) is 8. The summed E-state index contributed by atoms with van der Waals surface area (Å²) in [6.45, 7) is 9.26. The maximum Gasteiger partial charge on any atom is 0.305 e. The van der Waals surface area contributed by atoms with E-state index in [1.807, 2.05) is 27.7 Å². The third kappa shape index (κ3) is 19.1. The van der Waals surface area contributed by atoms with E-state index in [-0.39, 0.29) is 11.9 Å². The molecule has 0 aromatic heterocycles. The van der Waals surface area contributed by atoms with Crippen molar-refractivity contribution in [2.45, 2.75) is 98.3 Å². The predicted octanol–water partition coefficient (Wildman–Crippen LogP) is 5.68. The van der Waals surface area contributed by atoms with Gasteiger partial charge in [-0.2, -0.15) is 0 Å². The van der Waals surface area contributed by atoms with Crippen molar-refractivity contribution in [1.29, 1.82) is 0 Å². The number of carbonyl (C=O) groups excluding carboxylic acids is 2. The van der Waals surface area contributed by atoms with Crippen molar-refractivity contribution < 1.29 is 19.1 Å². The lowest BCUT2D eigenvalue weighted by Crippen LogP contribution is -2.09. The summed E-state index contributed by atoms with van der Waals surface area (Å²) in [4.78, 5) is 22.9. The van der Waals surface area contributed by atoms with Crippen molar-refractivity contribution in [2.75, 3.05) is 13.2 Å². The molecule has 0 aliphatic rings. The molecule has 0 saturated carbocycles. The van der Waals surface area contributed by atoms with Gasteiger partial charge >= 0.3 is 11.9 Å². The minimum atomic E-state index is -0.0550. The van der Waals surface area contributed by atoms with Gasteiger partial charge in [-0.3, -0.25) is 9.59 Å². The number of hydrogen-bond donors (Lipinski definition) is 0. The summed E-state index contributed by atoms with van der Waals surface area (Å²) in [7, 11) is 0. The summed E-state index contributed by atoms with van der Waals surface area (Å²) in [5, 5.41) is 0. The molecule has 0 heterocycles. The lowest BCUT2D eigenvalue weighted by atomic mass is 10.1. The van der Waals surface area contributed by atoms with Crippen LogP contribution in [-0.2, 0) is 19.1 Å². The van der Waals surface area contributed by atoms with Crippen LogP contribution in [0.2, 0.25) is 0 Å². The molecule has 0 saturated heterocycles. The van der Waals surface area contributed by atoms with E-state index in [9.17, 15) is 9.59 Å². The Balaban J connectivity index is 3.24. The first-order chi connectivity index (χ1) is 11.9. The van der Waals surface area contributed by atoms with Gasteiger partial charge in [0.15, 0.2) is 0 Å². The molecule has 0 rings (SSSR count). The van der Waals surface area contributed by atoms with Crippen molar-refractivity contribution in [3.05, 3.63) is 0 Å². The lowest BCUT2D eigenvalue weighted by Gasteiger charge is -2.07. The normalized spacial score (nSPS) is 11.1. The van der Waals surface area contributed by atoms with Crippen molar-refractivity contribution in [3.8, 4) is 0 Å². The number of esters is 2. The highest BCUT2D eigenvalue weighted by Crippen LogP contribution is 2.12. The van der Waals surface area contributed by atoms with Crippen LogP contribution in [0.25, 0.3) is 0 Å². The molecule has 0 spiro atoms. The van der Waals surface area contributed by atoms with Gasteiger partial charge in [-0.15, -0.1) is 0 Å². The first-order valence-electron chi connectivity index (χ1n) is 10.2. The van der Waals surface area contributed by atoms with Crippen LogP contribution in [0.5, 0.6) is 0 Å². The zero-order valence-electron chi connectivity index (χ0n) is 17.0. The first kappa shape index (κ1) is 23.9. The number of carbonyl (C=O) groups is 2. The standard InChI is InChI=1S/C21H40O4/c1-18(2)16-24-20(22)14-12-10-8-6-5-7-9-11-13-15-21(23)25-17-19(3)4/h18-19H,5-17H2,1-4H3. The smallest absolute Gasteiger partial charge is 0.305 e. The number of ether oxygens (including phenoxy) is 2. The lowest BCUT2D eigenvalue weighted by molar-refractivity contribution is -0.145. The summed E-state index contributed by atoms with van der Waals surface area (Å²) < 4.78 is 10.3. The minimum absolute atomic E-state index is 0.0550. The molecule has 0 aromatic rings. The van der Waals surface area contributed by atoms with Gasteiger partial charge in [0.1, 0.15) is 0 Å². The van der Waals surface area contributed by atoms with Crippen LogP contribution in [-0.4, -0.2) is 25.2 Å². The summed E-state index contributed by atoms with van der Waals surface area (Å²) in [6, 6.07) is 0. The van der Waals surface area contributed by atoms with Crippen LogP contribution < -0.4 is 0 Å². The van der Waals surface area contributed by atoms with Gasteiger partial charge in [-0.1, -0.05) is 72.6 Å². The summed E-state index contributed by atoms with van der Waals surface area (Å²) in [5.41, 5.74) is 0. The van der Waals surface area contributed by atoms with Crippen molar-refractivity contribution in [1.82, 2.24) is 0 Å². The Hall–Kier alpha value is -1.06. The van der Waals surface area contributed by atoms with Crippen LogP contribution in [0.3, 0.4) is 0 Å². The second-order valence-electron chi connectivity index (χ2n) is 7.84. The van der Waals surface area contributed by atoms with E-state index in [0.717, 1.165) is 25.7 Å². The highest BCUT2D eigenvalue weighted by molar-refractivity contribution is 5.69. The highest BCUT2D eigenvalue weighted by Gasteiger charge is 2.05. The van der Waals surface area contributed by atoms with Crippen molar-refractivity contribution in [3.63, 3.8) is 0 Å². The molecule has 0 N–H and O–H groups in total. The Kier molecular flexibility index (Phi) is 15.7. The monoisotopic (exact) mass is 356 g/mol. The molecule has 0 radical (unpaired) electrons. The average molecular weight is 357 g/mol. The van der Waals surface area contributed by atoms with Gasteiger partial charge in [0.25, 0.3) is 0 Å². The van der Waals surface area contributed by atoms with Crippen LogP contribution in [0.4, 0.5) is 0 Å². The topological polar surface area (TPSA) is 52.6 Å². The van der Waals surface area contributed by atoms with Crippen LogP contribution in [0, 0.1) is 11.8 Å². The molecule has 0 unspecified atom stereocenters. The van der Waals surface area contributed by atoms with Crippen molar-refractivity contribution in [2.24, 2.45) is 11.8 Å². The molecule has 0 aliphatic carbocycles. The Labute approximate surface area is 155 Å². The molecule has 0 atom stereocenters. The molecule has 4 heteroatoms. The molecule has 148 valence electrons. The second kappa shape index (κ2) is 16.4. The average Bonchev–Trinajstić information content (AvgIpc) is 2.55. The minimum Gasteiger partial charge on any atom is -0.465 e. The van der Waals surface area contributed by atoms with E-state index in [2.05, 4.69) is 0 Å². The van der Waals surface area contributed by atoms with Crippen LogP contribution in [0.1, 0.15) is 98.3 Å². The van der Waals surface area contributed by atoms with Crippen LogP contribution >= 0.6 is 0 Å². The summed E-state index contributed by atoms with van der Waals surface area (Å²) in [5.74, 6) is 0.713. The largest absolute Gasteiger partial charge is 0.465 e. The third-order valence-electron chi connectivity index (χ3n) is 3.92. The Morgan fingerprint density at radius 2 is 0.840 bits per heavy atom. The molecule has 0 bridgehead atoms. The molecule has 0 fully saturated rings. The zero-order valence-corrected chi connectivity index (χ0v) is 17.0. The molecular formula is C21H40O4. The van der Waals surface area contributed by atoms with Gasteiger partial charge in [0.2, 0.25) is 0 Å². The Bertz CT molecular complexity index is 305. The highest BCUT2D eigenvalue weighted by atomic mass is 16.5. The molecule has 0 aliphatic heterocycles. The molecule has 0 amide bonds. The van der Waals surface area contributed by atoms with E-state index < -0.39 is 0 Å². The van der Waals surface area contributed by atoms with Gasteiger partial charge in [-0.25, -0.2) is 0 Å². The van der Waals surface area contributed by atoms with E-state index >= 15 is 0 Å². The van der Waals surface area contributed by atoms with Crippen LogP contribution in [0.15, 0.2) is 0 Å². The van der Waals surface area contributed by atoms with Gasteiger partial charge in [0, 0.05) is 12.8 Å². The maximum atomic E-state index is 11.5. The SMILES string of the molecule is CC(C)COC(=O)CCCCCCCCCCCC(=O)OCC(C)C. The fourth-order valence-electron chi connectivity index (χ4n) is 2.44. The predicted molar refractivity (Wildman–Crippen MR) is 102 cm³/mol. The zero-order chi connectivity index (χ0) is 18.9. The van der Waals surface area contributed by atoms with E-state index in [1.165, 1.54) is 32.1 Å². The van der Waals surface area contributed by atoms with Crippen molar-refractivity contribution >= 4 is 11.9 Å². The molecule has 25 heavy (non-hydrogen) atoms. The fraction of sp³-hybridized carbons (Fsp3) is 0.905. The van der Waals surface area contributed by atoms with Gasteiger partial charge in [0.05, 0.1) is 13.2 Å². The Morgan fingerprint density at radius 1 is 0.560 bits per heavy atom. The first-order valence-corrected chi connectivity index (χ1v) is 10.2. The molecular weight excluding hydrogens is 316 g/mol. The van der Waals surface area contributed by atoms with E-state index in [1.54, 1.807) is 0 Å². The van der Waals surface area contributed by atoms with Gasteiger partial charge in [-0.05, 0) is 24.7 Å². The van der Waals surface area contributed by atoms with Gasteiger partial charge < -0.3 is 9.47 Å². The molecule has 4 nitrogen and oxygen atoms in total. The fourth-order valence-corrected chi connectivity index (χ4v) is 2.44. The third-order valence-corrected chi connectivity index (χ3v) is 3.92. The van der Waals surface area contributed by atoms with E-state index in [4.69, 9.17) is 9.47 Å². The van der Waals surface area contributed by atoms with E-state index in [0.29, 0.717) is 37.9 Å². The number of rotatable bonds is 16. The second-order valence-corrected chi connectivity index (χ2v) is 7.84. The molecule has 0 aromatic carbocycles. The quantitative estimate of drug-likeness (QED) is 0.264. The maximum absolute atomic E-state index is 11.5. The Morgan fingerprint density at radius 3 is 1.12 bits per heavy atom. The summed E-state index contributed by atoms with van der Waals surface area (Å²) in [6.07, 6.45) is 11.3.